The third kappa shape index (κ3) is 9.67. The number of benzene rings is 1. The molecule has 0 bridgehead atoms. The van der Waals surface area contributed by atoms with E-state index in [0.29, 0.717) is 6.54 Å². The molecule has 1 aromatic carbocycles. The summed E-state index contributed by atoms with van der Waals surface area (Å²) >= 11 is 1.87. The van der Waals surface area contributed by atoms with Crippen molar-refractivity contribution in [2.24, 2.45) is 4.99 Å². The van der Waals surface area contributed by atoms with Crippen LogP contribution in [-0.2, 0) is 0 Å². The van der Waals surface area contributed by atoms with Gasteiger partial charge in [-0.05, 0) is 56.4 Å². The van der Waals surface area contributed by atoms with E-state index in [1.165, 1.54) is 12.2 Å². The zero-order valence-electron chi connectivity index (χ0n) is 15.0. The van der Waals surface area contributed by atoms with E-state index in [4.69, 9.17) is 4.74 Å². The van der Waals surface area contributed by atoms with Crippen molar-refractivity contribution in [3.05, 3.63) is 29.8 Å². The number of thioether (sulfide) groups is 1. The van der Waals surface area contributed by atoms with Crippen molar-refractivity contribution in [2.75, 3.05) is 38.2 Å². The largest absolute Gasteiger partial charge is 0.491 e. The summed E-state index contributed by atoms with van der Waals surface area (Å²) in [5, 5.41) is 16.5. The fourth-order valence-electron chi connectivity index (χ4n) is 2.07. The van der Waals surface area contributed by atoms with Crippen molar-refractivity contribution in [3.63, 3.8) is 0 Å². The molecule has 0 amide bonds. The van der Waals surface area contributed by atoms with Crippen molar-refractivity contribution in [1.82, 2.24) is 10.6 Å². The van der Waals surface area contributed by atoms with Gasteiger partial charge in [-0.1, -0.05) is 12.1 Å². The quantitative estimate of drug-likeness (QED) is 0.324. The monoisotopic (exact) mass is 353 g/mol. The van der Waals surface area contributed by atoms with Gasteiger partial charge in [-0.15, -0.1) is 0 Å². The molecule has 6 heteroatoms. The van der Waals surface area contributed by atoms with Crippen molar-refractivity contribution < 1.29 is 9.84 Å². The van der Waals surface area contributed by atoms with E-state index in [0.717, 1.165) is 36.8 Å². The molecule has 5 nitrogen and oxygen atoms in total. The molecule has 24 heavy (non-hydrogen) atoms. The van der Waals surface area contributed by atoms with Crippen LogP contribution < -0.4 is 15.4 Å². The molecular formula is C18H31N3O2S. The summed E-state index contributed by atoms with van der Waals surface area (Å²) in [6.07, 6.45) is 3.81. The van der Waals surface area contributed by atoms with E-state index in [1.807, 2.05) is 49.9 Å². The minimum atomic E-state index is -0.627. The van der Waals surface area contributed by atoms with Gasteiger partial charge in [-0.25, -0.2) is 0 Å². The average molecular weight is 354 g/mol. The highest BCUT2D eigenvalue weighted by molar-refractivity contribution is 7.98. The van der Waals surface area contributed by atoms with Gasteiger partial charge in [0.05, 0.1) is 6.54 Å². The molecule has 0 heterocycles. The molecule has 0 aromatic heterocycles. The van der Waals surface area contributed by atoms with E-state index in [1.54, 1.807) is 0 Å². The Bertz CT molecular complexity index is 483. The number of nitrogens with one attached hydrogen (secondary N) is 2. The Morgan fingerprint density at radius 1 is 1.33 bits per heavy atom. The number of hydrogen-bond donors (Lipinski definition) is 3. The van der Waals surface area contributed by atoms with E-state index in [-0.39, 0.29) is 6.61 Å². The lowest BCUT2D eigenvalue weighted by Gasteiger charge is -2.14. The number of aliphatic hydroxyl groups excluding tert-OH is 1. The second kappa shape index (κ2) is 13.0. The van der Waals surface area contributed by atoms with Crippen LogP contribution in [0.25, 0.3) is 0 Å². The molecule has 0 radical (unpaired) electrons. The fraction of sp³-hybridized carbons (Fsp3) is 0.611. The number of rotatable bonds is 11. The van der Waals surface area contributed by atoms with Crippen LogP contribution in [0.1, 0.15) is 25.3 Å². The number of ether oxygens (including phenoxy) is 1. The minimum Gasteiger partial charge on any atom is -0.491 e. The number of nitrogens with zero attached hydrogens (tertiary/aromatic N) is 1. The molecular weight excluding hydrogens is 322 g/mol. The lowest BCUT2D eigenvalue weighted by Crippen LogP contribution is -2.38. The highest BCUT2D eigenvalue weighted by Gasteiger charge is 2.06. The molecule has 0 aliphatic rings. The topological polar surface area (TPSA) is 65.9 Å². The number of unbranched alkanes of at least 4 members (excludes halogenated alkanes) is 1. The van der Waals surface area contributed by atoms with Gasteiger partial charge < -0.3 is 20.5 Å². The Hall–Kier alpha value is -1.40. The van der Waals surface area contributed by atoms with Gasteiger partial charge in [0.1, 0.15) is 18.5 Å². The van der Waals surface area contributed by atoms with E-state index in [9.17, 15) is 5.11 Å². The first kappa shape index (κ1) is 20.6. The second-order valence-electron chi connectivity index (χ2n) is 5.63. The predicted molar refractivity (Wildman–Crippen MR) is 104 cm³/mol. The first-order valence-corrected chi connectivity index (χ1v) is 9.93. The van der Waals surface area contributed by atoms with Crippen molar-refractivity contribution >= 4 is 17.7 Å². The number of aryl methyl sites for hydroxylation is 1. The lowest BCUT2D eigenvalue weighted by atomic mass is 10.2. The van der Waals surface area contributed by atoms with Crippen LogP contribution in [-0.4, -0.2) is 55.4 Å². The van der Waals surface area contributed by atoms with Crippen LogP contribution in [0.2, 0.25) is 0 Å². The summed E-state index contributed by atoms with van der Waals surface area (Å²) < 4.78 is 5.60. The Morgan fingerprint density at radius 3 is 2.88 bits per heavy atom. The van der Waals surface area contributed by atoms with Gasteiger partial charge in [-0.3, -0.25) is 4.99 Å². The van der Waals surface area contributed by atoms with Gasteiger partial charge >= 0.3 is 0 Å². The van der Waals surface area contributed by atoms with Crippen molar-refractivity contribution in [2.45, 2.75) is 32.8 Å². The van der Waals surface area contributed by atoms with Gasteiger partial charge in [0, 0.05) is 13.1 Å². The molecule has 3 N–H and O–H groups in total. The summed E-state index contributed by atoms with van der Waals surface area (Å²) in [6, 6.07) is 7.81. The Morgan fingerprint density at radius 2 is 2.17 bits per heavy atom. The fourth-order valence-corrected chi connectivity index (χ4v) is 2.56. The number of aliphatic hydroxyl groups is 1. The van der Waals surface area contributed by atoms with Crippen LogP contribution in [0.5, 0.6) is 5.75 Å². The normalized spacial score (nSPS) is 12.8. The molecule has 0 aliphatic heterocycles. The zero-order chi connectivity index (χ0) is 17.6. The molecule has 0 spiro atoms. The van der Waals surface area contributed by atoms with Crippen LogP contribution in [0.15, 0.2) is 29.3 Å². The summed E-state index contributed by atoms with van der Waals surface area (Å²) in [7, 11) is 0. The van der Waals surface area contributed by atoms with Gasteiger partial charge in [-0.2, -0.15) is 11.8 Å². The molecule has 1 aromatic rings. The number of aliphatic imine (C=N–C) groups is 1. The Kier molecular flexibility index (Phi) is 11.1. The minimum absolute atomic E-state index is 0.236. The maximum Gasteiger partial charge on any atom is 0.191 e. The first-order valence-electron chi connectivity index (χ1n) is 8.54. The molecule has 136 valence electrons. The molecule has 1 unspecified atom stereocenters. The number of guanidine groups is 1. The van der Waals surface area contributed by atoms with Gasteiger partial charge in [0.2, 0.25) is 0 Å². The highest BCUT2D eigenvalue weighted by atomic mass is 32.2. The van der Waals surface area contributed by atoms with Gasteiger partial charge in [0.15, 0.2) is 5.96 Å². The van der Waals surface area contributed by atoms with Crippen LogP contribution >= 0.6 is 11.8 Å². The maximum atomic E-state index is 10.0. The standard InChI is InChI=1S/C18H31N3O2S/c1-4-19-18(20-10-5-6-11-24-3)21-13-16(22)14-23-17-9-7-8-15(2)12-17/h7-9,12,16,22H,4-6,10-11,13-14H2,1-3H3,(H2,19,20,21). The van der Waals surface area contributed by atoms with Crippen LogP contribution in [0, 0.1) is 6.92 Å². The predicted octanol–water partition coefficient (Wildman–Crippen LogP) is 2.43. The van der Waals surface area contributed by atoms with Gasteiger partial charge in [0.25, 0.3) is 0 Å². The van der Waals surface area contributed by atoms with Crippen LogP contribution in [0.4, 0.5) is 0 Å². The lowest BCUT2D eigenvalue weighted by molar-refractivity contribution is 0.114. The maximum absolute atomic E-state index is 10.0. The third-order valence-corrected chi connectivity index (χ3v) is 4.00. The number of hydrogen-bond acceptors (Lipinski definition) is 4. The molecule has 1 rings (SSSR count). The molecule has 0 saturated heterocycles. The van der Waals surface area contributed by atoms with Crippen molar-refractivity contribution in [1.29, 1.82) is 0 Å². The Balaban J connectivity index is 2.32. The first-order chi connectivity index (χ1) is 11.7. The van der Waals surface area contributed by atoms with E-state index >= 15 is 0 Å². The van der Waals surface area contributed by atoms with E-state index in [2.05, 4.69) is 21.9 Å². The van der Waals surface area contributed by atoms with Crippen LogP contribution in [0.3, 0.4) is 0 Å². The summed E-state index contributed by atoms with van der Waals surface area (Å²) in [5.41, 5.74) is 1.14. The SMILES string of the molecule is CCNC(=NCC(O)COc1cccc(C)c1)NCCCCSC. The zero-order valence-corrected chi connectivity index (χ0v) is 15.9. The molecule has 0 saturated carbocycles. The third-order valence-electron chi connectivity index (χ3n) is 3.30. The summed E-state index contributed by atoms with van der Waals surface area (Å²) in [5.74, 6) is 2.71. The summed E-state index contributed by atoms with van der Waals surface area (Å²) in [4.78, 5) is 4.42. The second-order valence-corrected chi connectivity index (χ2v) is 6.61. The van der Waals surface area contributed by atoms with E-state index < -0.39 is 6.10 Å². The molecule has 0 fully saturated rings. The smallest absolute Gasteiger partial charge is 0.191 e. The summed E-state index contributed by atoms with van der Waals surface area (Å²) in [6.45, 7) is 6.28. The molecule has 0 aliphatic carbocycles. The highest BCUT2D eigenvalue weighted by Crippen LogP contribution is 2.12. The average Bonchev–Trinajstić information content (AvgIpc) is 2.57. The van der Waals surface area contributed by atoms with Crippen molar-refractivity contribution in [3.8, 4) is 5.75 Å². The Labute approximate surface area is 150 Å². The molecule has 1 atom stereocenters.